The van der Waals surface area contributed by atoms with Crippen molar-refractivity contribution in [2.75, 3.05) is 11.4 Å². The van der Waals surface area contributed by atoms with Gasteiger partial charge in [-0.05, 0) is 41.7 Å². The number of carbonyl (C=O) groups excluding carboxylic acids is 2. The Hall–Kier alpha value is -2.71. The van der Waals surface area contributed by atoms with E-state index < -0.39 is 16.1 Å². The number of amides is 2. The van der Waals surface area contributed by atoms with Gasteiger partial charge in [-0.15, -0.1) is 0 Å². The molecule has 0 unspecified atom stereocenters. The lowest BCUT2D eigenvalue weighted by Crippen LogP contribution is -2.49. The summed E-state index contributed by atoms with van der Waals surface area (Å²) in [5.41, 5.74) is 2.51. The van der Waals surface area contributed by atoms with Crippen molar-refractivity contribution < 1.29 is 18.0 Å². The normalized spacial score (nSPS) is 14.4. The zero-order valence-corrected chi connectivity index (χ0v) is 18.9. The Morgan fingerprint density at radius 1 is 1.10 bits per heavy atom. The molecule has 3 rings (SSSR count). The Kier molecular flexibility index (Phi) is 7.12. The van der Waals surface area contributed by atoms with Crippen LogP contribution in [0.3, 0.4) is 0 Å². The van der Waals surface area contributed by atoms with Crippen LogP contribution in [0.2, 0.25) is 0 Å². The van der Waals surface area contributed by atoms with Gasteiger partial charge in [0, 0.05) is 25.2 Å². The van der Waals surface area contributed by atoms with Gasteiger partial charge in [-0.3, -0.25) is 9.59 Å². The van der Waals surface area contributed by atoms with Crippen molar-refractivity contribution in [3.63, 3.8) is 0 Å². The van der Waals surface area contributed by atoms with E-state index in [1.54, 1.807) is 37.8 Å². The standard InChI is InChI=1S/C23H29N3O4S/c1-4-21(27)26-13-12-18-14-19(10-11-20(18)26)31(29,30)25-22(16(2)3)23(28)24-15-17-8-6-5-7-9-17/h5-11,14,16,22,25H,4,12-13,15H2,1-3H3,(H,24,28)/t22-/m1/s1. The lowest BCUT2D eigenvalue weighted by Gasteiger charge is -2.22. The third-order valence-electron chi connectivity index (χ3n) is 5.40. The molecule has 2 N–H and O–H groups in total. The molecule has 1 heterocycles. The van der Waals surface area contributed by atoms with Gasteiger partial charge in [0.2, 0.25) is 21.8 Å². The maximum Gasteiger partial charge on any atom is 0.241 e. The molecule has 2 aromatic carbocycles. The fourth-order valence-corrected chi connectivity index (χ4v) is 5.01. The number of anilines is 1. The predicted octanol–water partition coefficient (Wildman–Crippen LogP) is 2.61. The van der Waals surface area contributed by atoms with E-state index in [2.05, 4.69) is 10.0 Å². The van der Waals surface area contributed by atoms with Gasteiger partial charge in [-0.25, -0.2) is 8.42 Å². The van der Waals surface area contributed by atoms with Gasteiger partial charge in [0.15, 0.2) is 0 Å². The van der Waals surface area contributed by atoms with Crippen LogP contribution in [0.15, 0.2) is 53.4 Å². The molecule has 1 aliphatic rings. The number of carbonyl (C=O) groups is 2. The van der Waals surface area contributed by atoms with E-state index in [0.717, 1.165) is 16.8 Å². The molecule has 2 amide bonds. The first-order valence-electron chi connectivity index (χ1n) is 10.5. The fraction of sp³-hybridized carbons (Fsp3) is 0.391. The number of fused-ring (bicyclic) bond motifs is 1. The Morgan fingerprint density at radius 3 is 2.45 bits per heavy atom. The van der Waals surface area contributed by atoms with E-state index in [1.807, 2.05) is 30.3 Å². The van der Waals surface area contributed by atoms with Gasteiger partial charge in [0.25, 0.3) is 0 Å². The number of benzene rings is 2. The molecule has 2 aromatic rings. The van der Waals surface area contributed by atoms with Crippen LogP contribution in [-0.2, 0) is 32.6 Å². The maximum absolute atomic E-state index is 13.0. The molecule has 166 valence electrons. The summed E-state index contributed by atoms with van der Waals surface area (Å²) < 4.78 is 28.6. The lowest BCUT2D eigenvalue weighted by atomic mass is 10.0. The Labute approximate surface area is 183 Å². The number of rotatable bonds is 8. The SMILES string of the molecule is CCC(=O)N1CCc2cc(S(=O)(=O)N[C@@H](C(=O)NCc3ccccc3)C(C)C)ccc21. The summed E-state index contributed by atoms with van der Waals surface area (Å²) in [6.07, 6.45) is 1.00. The van der Waals surface area contributed by atoms with Crippen LogP contribution < -0.4 is 14.9 Å². The van der Waals surface area contributed by atoms with Crippen LogP contribution in [0, 0.1) is 5.92 Å². The monoisotopic (exact) mass is 443 g/mol. The van der Waals surface area contributed by atoms with Crippen molar-refractivity contribution in [3.8, 4) is 0 Å². The molecule has 0 aromatic heterocycles. The first-order valence-corrected chi connectivity index (χ1v) is 12.0. The zero-order chi connectivity index (χ0) is 22.6. The number of hydrogen-bond acceptors (Lipinski definition) is 4. The molecule has 0 saturated heterocycles. The van der Waals surface area contributed by atoms with Crippen LogP contribution in [0.4, 0.5) is 5.69 Å². The highest BCUT2D eigenvalue weighted by Crippen LogP contribution is 2.30. The van der Waals surface area contributed by atoms with Crippen molar-refractivity contribution in [1.82, 2.24) is 10.0 Å². The second-order valence-corrected chi connectivity index (χ2v) is 9.70. The highest BCUT2D eigenvalue weighted by Gasteiger charge is 2.30. The van der Waals surface area contributed by atoms with E-state index in [1.165, 1.54) is 6.07 Å². The van der Waals surface area contributed by atoms with E-state index in [4.69, 9.17) is 0 Å². The molecule has 0 saturated carbocycles. The smallest absolute Gasteiger partial charge is 0.241 e. The minimum Gasteiger partial charge on any atom is -0.351 e. The molecular weight excluding hydrogens is 414 g/mol. The molecule has 31 heavy (non-hydrogen) atoms. The minimum absolute atomic E-state index is 0.0161. The summed E-state index contributed by atoms with van der Waals surface area (Å²) in [6, 6.07) is 13.3. The molecule has 0 aliphatic carbocycles. The summed E-state index contributed by atoms with van der Waals surface area (Å²) >= 11 is 0. The maximum atomic E-state index is 13.0. The van der Waals surface area contributed by atoms with Crippen LogP contribution in [-0.4, -0.2) is 32.8 Å². The zero-order valence-electron chi connectivity index (χ0n) is 18.1. The van der Waals surface area contributed by atoms with E-state index in [-0.39, 0.29) is 22.6 Å². The van der Waals surface area contributed by atoms with E-state index in [0.29, 0.717) is 25.9 Å². The van der Waals surface area contributed by atoms with Crippen molar-refractivity contribution in [1.29, 1.82) is 0 Å². The molecular formula is C23H29N3O4S. The highest BCUT2D eigenvalue weighted by molar-refractivity contribution is 7.89. The molecule has 0 radical (unpaired) electrons. The topological polar surface area (TPSA) is 95.6 Å². The molecule has 1 atom stereocenters. The number of nitrogens with one attached hydrogen (secondary N) is 2. The van der Waals surface area contributed by atoms with Crippen LogP contribution >= 0.6 is 0 Å². The van der Waals surface area contributed by atoms with Crippen molar-refractivity contribution >= 4 is 27.5 Å². The predicted molar refractivity (Wildman–Crippen MR) is 120 cm³/mol. The van der Waals surface area contributed by atoms with Crippen molar-refractivity contribution in [2.24, 2.45) is 5.92 Å². The van der Waals surface area contributed by atoms with E-state index in [9.17, 15) is 18.0 Å². The number of sulfonamides is 1. The molecule has 0 fully saturated rings. The molecule has 0 bridgehead atoms. The fourth-order valence-electron chi connectivity index (χ4n) is 3.62. The van der Waals surface area contributed by atoms with Crippen molar-refractivity contribution in [3.05, 3.63) is 59.7 Å². The van der Waals surface area contributed by atoms with Gasteiger partial charge >= 0.3 is 0 Å². The van der Waals surface area contributed by atoms with Gasteiger partial charge in [0.1, 0.15) is 6.04 Å². The van der Waals surface area contributed by atoms with Gasteiger partial charge in [0.05, 0.1) is 4.90 Å². The summed E-state index contributed by atoms with van der Waals surface area (Å²) in [6.45, 7) is 6.27. The number of nitrogens with zero attached hydrogens (tertiary/aromatic N) is 1. The van der Waals surface area contributed by atoms with Crippen LogP contribution in [0.25, 0.3) is 0 Å². The van der Waals surface area contributed by atoms with Gasteiger partial charge in [-0.2, -0.15) is 4.72 Å². The average Bonchev–Trinajstić information content (AvgIpc) is 3.19. The Morgan fingerprint density at radius 2 is 1.81 bits per heavy atom. The summed E-state index contributed by atoms with van der Waals surface area (Å²) in [4.78, 5) is 26.6. The van der Waals surface area contributed by atoms with Gasteiger partial charge in [-0.1, -0.05) is 51.1 Å². The van der Waals surface area contributed by atoms with E-state index >= 15 is 0 Å². The minimum atomic E-state index is -3.91. The third-order valence-corrected chi connectivity index (χ3v) is 6.84. The first kappa shape index (κ1) is 23.0. The first-order chi connectivity index (χ1) is 14.7. The van der Waals surface area contributed by atoms with Crippen LogP contribution in [0.5, 0.6) is 0 Å². The van der Waals surface area contributed by atoms with Crippen LogP contribution in [0.1, 0.15) is 38.3 Å². The quantitative estimate of drug-likeness (QED) is 0.656. The lowest BCUT2D eigenvalue weighted by molar-refractivity contribution is -0.123. The Bertz CT molecular complexity index is 1050. The van der Waals surface area contributed by atoms with Crippen molar-refractivity contribution in [2.45, 2.75) is 51.1 Å². The summed E-state index contributed by atoms with van der Waals surface area (Å²) in [5.74, 6) is -0.594. The largest absolute Gasteiger partial charge is 0.351 e. The second-order valence-electron chi connectivity index (χ2n) is 7.99. The molecule has 0 spiro atoms. The Balaban J connectivity index is 1.74. The van der Waals surface area contributed by atoms with Gasteiger partial charge < -0.3 is 10.2 Å². The summed E-state index contributed by atoms with van der Waals surface area (Å²) in [7, 11) is -3.91. The highest BCUT2D eigenvalue weighted by atomic mass is 32.2. The summed E-state index contributed by atoms with van der Waals surface area (Å²) in [5, 5.41) is 2.81. The third kappa shape index (κ3) is 5.32. The number of hydrogen-bond donors (Lipinski definition) is 2. The molecule has 7 nitrogen and oxygen atoms in total. The average molecular weight is 444 g/mol. The molecule has 1 aliphatic heterocycles. The second kappa shape index (κ2) is 9.62. The molecule has 8 heteroatoms.